The van der Waals surface area contributed by atoms with Gasteiger partial charge in [0.2, 0.25) is 0 Å². The molecular formula is C22H22FN5O2S. The topological polar surface area (TPSA) is 78.4 Å². The fraction of sp³-hybridized carbons (Fsp3) is 0.273. The number of carbonyl (C=O) groups is 2. The molecule has 160 valence electrons. The molecule has 2 aromatic heterocycles. The van der Waals surface area contributed by atoms with Gasteiger partial charge in [-0.1, -0.05) is 29.5 Å². The SMILES string of the molecule is Cc1nc(N2C(=O)N(Cc3ccc(F)cc3)C[C@@H]2C)sc1C(=O)NCc1ccccn1. The molecule has 31 heavy (non-hydrogen) atoms. The van der Waals surface area contributed by atoms with Crippen LogP contribution in [0.15, 0.2) is 48.7 Å². The van der Waals surface area contributed by atoms with Gasteiger partial charge >= 0.3 is 6.03 Å². The number of amides is 3. The van der Waals surface area contributed by atoms with Gasteiger partial charge in [-0.25, -0.2) is 14.2 Å². The zero-order valence-corrected chi connectivity index (χ0v) is 18.0. The van der Waals surface area contributed by atoms with Crippen LogP contribution in [0.4, 0.5) is 14.3 Å². The van der Waals surface area contributed by atoms with Crippen LogP contribution in [0.3, 0.4) is 0 Å². The molecule has 0 unspecified atom stereocenters. The Hall–Kier alpha value is -3.33. The molecule has 1 atom stereocenters. The standard InChI is InChI=1S/C22H22FN5O2S/c1-14-12-27(13-16-6-8-17(23)9-7-16)22(30)28(14)21-26-15(2)19(31-21)20(29)25-11-18-5-3-4-10-24-18/h3-10,14H,11-13H2,1-2H3,(H,25,29)/t14-/m0/s1. The number of pyridine rings is 1. The first-order valence-corrected chi connectivity index (χ1v) is 10.7. The Morgan fingerprint density at radius 1 is 1.26 bits per heavy atom. The molecule has 3 amide bonds. The van der Waals surface area contributed by atoms with Gasteiger partial charge in [0.25, 0.3) is 5.91 Å². The van der Waals surface area contributed by atoms with Crippen molar-refractivity contribution in [2.45, 2.75) is 33.0 Å². The Morgan fingerprint density at radius 2 is 2.03 bits per heavy atom. The minimum Gasteiger partial charge on any atom is -0.346 e. The molecule has 0 aliphatic carbocycles. The van der Waals surface area contributed by atoms with E-state index in [0.717, 1.165) is 11.3 Å². The quantitative estimate of drug-likeness (QED) is 0.635. The van der Waals surface area contributed by atoms with Gasteiger partial charge in [0, 0.05) is 19.3 Å². The number of hydrogen-bond donors (Lipinski definition) is 1. The monoisotopic (exact) mass is 439 g/mol. The first kappa shape index (κ1) is 20.9. The van der Waals surface area contributed by atoms with Crippen LogP contribution in [-0.4, -0.2) is 39.4 Å². The molecule has 3 heterocycles. The van der Waals surface area contributed by atoms with Crippen LogP contribution in [0.2, 0.25) is 0 Å². The molecule has 0 saturated carbocycles. The number of nitrogens with zero attached hydrogens (tertiary/aromatic N) is 4. The number of anilines is 1. The lowest BCUT2D eigenvalue weighted by atomic mass is 10.2. The van der Waals surface area contributed by atoms with E-state index in [2.05, 4.69) is 15.3 Å². The van der Waals surface area contributed by atoms with E-state index in [4.69, 9.17) is 0 Å². The fourth-order valence-corrected chi connectivity index (χ4v) is 4.56. The number of aryl methyl sites for hydroxylation is 1. The summed E-state index contributed by atoms with van der Waals surface area (Å²) >= 11 is 1.20. The minimum absolute atomic E-state index is 0.0945. The molecule has 9 heteroatoms. The van der Waals surface area contributed by atoms with Crippen LogP contribution in [-0.2, 0) is 13.1 Å². The van der Waals surface area contributed by atoms with E-state index in [-0.39, 0.29) is 23.8 Å². The first-order valence-electron chi connectivity index (χ1n) is 9.90. The molecule has 1 fully saturated rings. The van der Waals surface area contributed by atoms with E-state index < -0.39 is 0 Å². The number of benzene rings is 1. The highest BCUT2D eigenvalue weighted by molar-refractivity contribution is 7.17. The Morgan fingerprint density at radius 3 is 2.74 bits per heavy atom. The molecule has 3 aromatic rings. The van der Waals surface area contributed by atoms with Crippen molar-refractivity contribution in [1.82, 2.24) is 20.2 Å². The summed E-state index contributed by atoms with van der Waals surface area (Å²) in [5.74, 6) is -0.548. The van der Waals surface area contributed by atoms with Gasteiger partial charge < -0.3 is 10.2 Å². The summed E-state index contributed by atoms with van der Waals surface area (Å²) in [4.78, 5) is 38.2. The smallest absolute Gasteiger partial charge is 0.326 e. The zero-order valence-electron chi connectivity index (χ0n) is 17.2. The van der Waals surface area contributed by atoms with Crippen molar-refractivity contribution in [2.75, 3.05) is 11.4 Å². The summed E-state index contributed by atoms with van der Waals surface area (Å²) in [7, 11) is 0. The van der Waals surface area contributed by atoms with Gasteiger partial charge in [0.05, 0.1) is 24.0 Å². The maximum Gasteiger partial charge on any atom is 0.326 e. The molecule has 0 spiro atoms. The lowest BCUT2D eigenvalue weighted by Gasteiger charge is -2.17. The zero-order chi connectivity index (χ0) is 22.0. The summed E-state index contributed by atoms with van der Waals surface area (Å²) < 4.78 is 13.1. The van der Waals surface area contributed by atoms with E-state index >= 15 is 0 Å². The Balaban J connectivity index is 1.46. The van der Waals surface area contributed by atoms with Crippen LogP contribution in [0, 0.1) is 12.7 Å². The molecule has 1 aliphatic rings. The number of rotatable bonds is 6. The third kappa shape index (κ3) is 4.56. The summed E-state index contributed by atoms with van der Waals surface area (Å²) in [6.07, 6.45) is 1.68. The van der Waals surface area contributed by atoms with Crippen molar-refractivity contribution in [2.24, 2.45) is 0 Å². The van der Waals surface area contributed by atoms with Gasteiger partial charge in [-0.05, 0) is 43.7 Å². The number of nitrogens with one attached hydrogen (secondary N) is 1. The Bertz CT molecular complexity index is 1090. The summed E-state index contributed by atoms with van der Waals surface area (Å²) in [6, 6.07) is 11.4. The maximum atomic E-state index is 13.1. The van der Waals surface area contributed by atoms with Gasteiger partial charge in [-0.15, -0.1) is 0 Å². The molecule has 0 radical (unpaired) electrons. The van der Waals surface area contributed by atoms with Gasteiger partial charge in [0.1, 0.15) is 10.7 Å². The average Bonchev–Trinajstić information content (AvgIpc) is 3.27. The number of thiazole rings is 1. The second kappa shape index (κ2) is 8.81. The molecule has 0 bridgehead atoms. The van der Waals surface area contributed by atoms with Crippen molar-refractivity contribution >= 4 is 28.4 Å². The van der Waals surface area contributed by atoms with E-state index in [1.165, 1.54) is 23.5 Å². The highest BCUT2D eigenvalue weighted by Crippen LogP contribution is 2.32. The van der Waals surface area contributed by atoms with Crippen molar-refractivity contribution in [3.63, 3.8) is 0 Å². The number of hydrogen-bond acceptors (Lipinski definition) is 5. The first-order chi connectivity index (χ1) is 14.9. The Labute approximate surface area is 183 Å². The van der Waals surface area contributed by atoms with Gasteiger partial charge in [0.15, 0.2) is 5.13 Å². The van der Waals surface area contributed by atoms with Gasteiger partial charge in [-0.2, -0.15) is 0 Å². The highest BCUT2D eigenvalue weighted by Gasteiger charge is 2.37. The van der Waals surface area contributed by atoms with E-state index in [1.54, 1.807) is 35.1 Å². The molecule has 1 N–H and O–H groups in total. The second-order valence-corrected chi connectivity index (χ2v) is 8.40. The summed E-state index contributed by atoms with van der Waals surface area (Å²) in [6.45, 7) is 4.94. The third-order valence-electron chi connectivity index (χ3n) is 5.04. The molecule has 1 aliphatic heterocycles. The lowest BCUT2D eigenvalue weighted by molar-refractivity contribution is 0.0953. The highest BCUT2D eigenvalue weighted by atomic mass is 32.1. The number of urea groups is 1. The van der Waals surface area contributed by atoms with Crippen molar-refractivity contribution in [3.8, 4) is 0 Å². The third-order valence-corrected chi connectivity index (χ3v) is 6.20. The predicted molar refractivity (Wildman–Crippen MR) is 116 cm³/mol. The van der Waals surface area contributed by atoms with E-state index in [1.807, 2.05) is 25.1 Å². The molecule has 4 rings (SSSR count). The van der Waals surface area contributed by atoms with Crippen molar-refractivity contribution < 1.29 is 14.0 Å². The number of aromatic nitrogens is 2. The predicted octanol–water partition coefficient (Wildman–Crippen LogP) is 3.75. The average molecular weight is 440 g/mol. The fourth-order valence-electron chi connectivity index (χ4n) is 3.48. The van der Waals surface area contributed by atoms with Crippen LogP contribution >= 0.6 is 11.3 Å². The van der Waals surface area contributed by atoms with Crippen LogP contribution in [0.5, 0.6) is 0 Å². The molecule has 1 saturated heterocycles. The van der Waals surface area contributed by atoms with Crippen LogP contribution in [0.25, 0.3) is 0 Å². The summed E-state index contributed by atoms with van der Waals surface area (Å²) in [5.41, 5.74) is 2.20. The minimum atomic E-state index is -0.307. The van der Waals surface area contributed by atoms with E-state index in [0.29, 0.717) is 35.3 Å². The molecule has 1 aromatic carbocycles. The Kier molecular flexibility index (Phi) is 5.94. The summed E-state index contributed by atoms with van der Waals surface area (Å²) in [5, 5.41) is 3.35. The molecular weight excluding hydrogens is 417 g/mol. The lowest BCUT2D eigenvalue weighted by Crippen LogP contribution is -2.33. The van der Waals surface area contributed by atoms with Gasteiger partial charge in [-0.3, -0.25) is 14.7 Å². The maximum absolute atomic E-state index is 13.1. The van der Waals surface area contributed by atoms with E-state index in [9.17, 15) is 14.0 Å². The second-order valence-electron chi connectivity index (χ2n) is 7.42. The van der Waals surface area contributed by atoms with Crippen LogP contribution < -0.4 is 10.2 Å². The van der Waals surface area contributed by atoms with Crippen molar-refractivity contribution in [3.05, 3.63) is 76.3 Å². The number of halogens is 1. The number of carbonyl (C=O) groups excluding carboxylic acids is 2. The largest absolute Gasteiger partial charge is 0.346 e. The normalized spacial score (nSPS) is 16.1. The van der Waals surface area contributed by atoms with Crippen molar-refractivity contribution in [1.29, 1.82) is 0 Å². The molecule has 7 nitrogen and oxygen atoms in total. The van der Waals surface area contributed by atoms with Crippen LogP contribution in [0.1, 0.15) is 33.5 Å².